The maximum Gasteiger partial charge on any atom is 0.358 e. The molecule has 1 unspecified atom stereocenters. The summed E-state index contributed by atoms with van der Waals surface area (Å²) in [6.07, 6.45) is -1.25. The van der Waals surface area contributed by atoms with E-state index in [1.165, 1.54) is 16.6 Å². The third-order valence-electron chi connectivity index (χ3n) is 5.55. The normalized spacial score (nSPS) is 13.9. The number of carbonyl (C=O) groups is 2. The van der Waals surface area contributed by atoms with E-state index >= 15 is 4.39 Å². The summed E-state index contributed by atoms with van der Waals surface area (Å²) in [5, 5.41) is 7.60. The van der Waals surface area contributed by atoms with Crippen molar-refractivity contribution < 1.29 is 32.9 Å². The predicted molar refractivity (Wildman–Crippen MR) is 133 cm³/mol. The number of aryl methyl sites for hydroxylation is 1. The van der Waals surface area contributed by atoms with Gasteiger partial charge in [-0.05, 0) is 47.6 Å². The average Bonchev–Trinajstić information content (AvgIpc) is 3.25. The fourth-order valence-corrected chi connectivity index (χ4v) is 4.15. The van der Waals surface area contributed by atoms with Crippen molar-refractivity contribution in [3.8, 4) is 17.0 Å². The molecule has 1 aromatic carbocycles. The second-order valence-corrected chi connectivity index (χ2v) is 9.45. The molecular formula is C26H31FN4O6. The Balaban J connectivity index is 2.06. The Morgan fingerprint density at radius 1 is 1.19 bits per heavy atom. The van der Waals surface area contributed by atoms with Crippen molar-refractivity contribution in [1.29, 1.82) is 0 Å². The van der Waals surface area contributed by atoms with Crippen molar-refractivity contribution in [3.63, 3.8) is 0 Å². The molecule has 37 heavy (non-hydrogen) atoms. The van der Waals surface area contributed by atoms with Gasteiger partial charge in [-0.2, -0.15) is 5.10 Å². The minimum atomic E-state index is -1.25. The van der Waals surface area contributed by atoms with Gasteiger partial charge in [0.15, 0.2) is 17.4 Å². The minimum Gasteiger partial charge on any atom is -0.489 e. The van der Waals surface area contributed by atoms with Crippen LogP contribution in [-0.2, 0) is 19.0 Å². The monoisotopic (exact) mass is 514 g/mol. The van der Waals surface area contributed by atoms with Gasteiger partial charge in [-0.15, -0.1) is 0 Å². The molecule has 0 amide bonds. The van der Waals surface area contributed by atoms with Gasteiger partial charge >= 0.3 is 11.9 Å². The Morgan fingerprint density at radius 2 is 1.92 bits per heavy atom. The Labute approximate surface area is 214 Å². The highest BCUT2D eigenvalue weighted by Crippen LogP contribution is 2.40. The van der Waals surface area contributed by atoms with E-state index < -0.39 is 29.5 Å². The lowest BCUT2D eigenvalue weighted by Gasteiger charge is -2.29. The van der Waals surface area contributed by atoms with Gasteiger partial charge < -0.3 is 24.3 Å². The van der Waals surface area contributed by atoms with Gasteiger partial charge in [0.2, 0.25) is 0 Å². The van der Waals surface area contributed by atoms with Gasteiger partial charge in [0.25, 0.3) is 0 Å². The van der Waals surface area contributed by atoms with E-state index in [1.807, 2.05) is 0 Å². The van der Waals surface area contributed by atoms with Crippen molar-refractivity contribution >= 4 is 23.3 Å². The lowest BCUT2D eigenvalue weighted by molar-refractivity contribution is -0.166. The van der Waals surface area contributed by atoms with Crippen LogP contribution in [0.3, 0.4) is 0 Å². The van der Waals surface area contributed by atoms with Crippen LogP contribution in [-0.4, -0.2) is 58.5 Å². The summed E-state index contributed by atoms with van der Waals surface area (Å²) in [6, 6.07) is 4.33. The quantitative estimate of drug-likeness (QED) is 0.463. The maximum absolute atomic E-state index is 15.7. The molecule has 0 fully saturated rings. The van der Waals surface area contributed by atoms with Crippen LogP contribution in [0.5, 0.6) is 5.75 Å². The summed E-state index contributed by atoms with van der Waals surface area (Å²) in [4.78, 5) is 30.3. The van der Waals surface area contributed by atoms with E-state index in [2.05, 4.69) is 15.4 Å². The molecule has 3 heterocycles. The summed E-state index contributed by atoms with van der Waals surface area (Å²) in [6.45, 7) is 11.7. The SMILES string of the molecule is CCOC(=O)c1cc2nc(C)c(C(OC(C)(C)C)C(=O)OCC)c(-c3cc4c(cc3F)OCCN4)n2n1. The minimum absolute atomic E-state index is 0.00333. The second kappa shape index (κ2) is 10.3. The molecule has 0 saturated carbocycles. The number of carbonyl (C=O) groups excluding carboxylic acids is 2. The topological polar surface area (TPSA) is 113 Å². The zero-order chi connectivity index (χ0) is 26.9. The number of hydrogen-bond donors (Lipinski definition) is 1. The first-order chi connectivity index (χ1) is 17.5. The number of hydrogen-bond acceptors (Lipinski definition) is 9. The van der Waals surface area contributed by atoms with Gasteiger partial charge in [-0.25, -0.2) is 23.5 Å². The molecule has 1 N–H and O–H groups in total. The number of esters is 2. The first-order valence-corrected chi connectivity index (χ1v) is 12.2. The molecule has 0 spiro atoms. The van der Waals surface area contributed by atoms with Crippen molar-refractivity contribution in [1.82, 2.24) is 14.6 Å². The number of fused-ring (bicyclic) bond motifs is 2. The van der Waals surface area contributed by atoms with Gasteiger partial charge in [-0.1, -0.05) is 0 Å². The number of rotatable bonds is 7. The molecule has 10 nitrogen and oxygen atoms in total. The number of ether oxygens (including phenoxy) is 4. The van der Waals surface area contributed by atoms with Gasteiger partial charge in [0.05, 0.1) is 30.2 Å². The smallest absolute Gasteiger partial charge is 0.358 e. The fourth-order valence-electron chi connectivity index (χ4n) is 4.15. The van der Waals surface area contributed by atoms with Crippen LogP contribution >= 0.6 is 0 Å². The summed E-state index contributed by atoms with van der Waals surface area (Å²) < 4.78 is 39.2. The molecule has 3 aromatic rings. The molecule has 0 aliphatic carbocycles. The Kier molecular flexibility index (Phi) is 7.35. The highest BCUT2D eigenvalue weighted by atomic mass is 19.1. The molecule has 11 heteroatoms. The molecule has 198 valence electrons. The van der Waals surface area contributed by atoms with Crippen molar-refractivity contribution in [2.24, 2.45) is 0 Å². The molecule has 1 aliphatic heterocycles. The lowest BCUT2D eigenvalue weighted by Crippen LogP contribution is -2.30. The van der Waals surface area contributed by atoms with Gasteiger partial charge in [0.1, 0.15) is 18.2 Å². The number of anilines is 1. The third-order valence-corrected chi connectivity index (χ3v) is 5.55. The van der Waals surface area contributed by atoms with Gasteiger partial charge in [-0.3, -0.25) is 0 Å². The van der Waals surface area contributed by atoms with Crippen LogP contribution < -0.4 is 10.1 Å². The molecule has 0 radical (unpaired) electrons. The van der Waals surface area contributed by atoms with Crippen molar-refractivity contribution in [3.05, 3.63) is 41.0 Å². The standard InChI is InChI=1S/C26H31FN4O6/c1-7-34-24(32)18-13-20-29-14(3)21(23(25(33)35-8-2)37-26(4,5)6)22(31(20)30-18)15-11-17-19(12-16(15)27)36-10-9-28-17/h11-13,23,28H,7-10H2,1-6H3. The Morgan fingerprint density at radius 3 is 2.59 bits per heavy atom. The van der Waals surface area contributed by atoms with Crippen molar-refractivity contribution in [2.45, 2.75) is 53.2 Å². The Hall–Kier alpha value is -3.73. The van der Waals surface area contributed by atoms with Crippen LogP contribution in [0.25, 0.3) is 16.9 Å². The third kappa shape index (κ3) is 5.36. The number of aromatic nitrogens is 3. The first-order valence-electron chi connectivity index (χ1n) is 12.2. The number of halogens is 1. The maximum atomic E-state index is 15.7. The molecular weight excluding hydrogens is 483 g/mol. The van der Waals surface area contributed by atoms with Crippen molar-refractivity contribution in [2.75, 3.05) is 31.7 Å². The second-order valence-electron chi connectivity index (χ2n) is 9.45. The highest BCUT2D eigenvalue weighted by molar-refractivity contribution is 5.89. The largest absolute Gasteiger partial charge is 0.489 e. The molecule has 4 rings (SSSR count). The van der Waals surface area contributed by atoms with E-state index in [9.17, 15) is 9.59 Å². The summed E-state index contributed by atoms with van der Waals surface area (Å²) in [7, 11) is 0. The first kappa shape index (κ1) is 26.3. The van der Waals surface area contributed by atoms with E-state index in [1.54, 1.807) is 47.6 Å². The van der Waals surface area contributed by atoms with Crippen LogP contribution in [0.15, 0.2) is 18.2 Å². The molecule has 1 atom stereocenters. The average molecular weight is 515 g/mol. The molecule has 0 saturated heterocycles. The summed E-state index contributed by atoms with van der Waals surface area (Å²) in [5.74, 6) is -1.54. The van der Waals surface area contributed by atoms with E-state index in [0.717, 1.165) is 0 Å². The number of nitrogens with zero attached hydrogens (tertiary/aromatic N) is 3. The fraction of sp³-hybridized carbons (Fsp3) is 0.462. The molecule has 2 aromatic heterocycles. The van der Waals surface area contributed by atoms with Crippen LogP contribution in [0.1, 0.15) is 62.5 Å². The number of benzene rings is 1. The van der Waals surface area contributed by atoms with Crippen LogP contribution in [0, 0.1) is 12.7 Å². The Bertz CT molecular complexity index is 1350. The molecule has 0 bridgehead atoms. The lowest BCUT2D eigenvalue weighted by atomic mass is 9.97. The number of nitrogens with one attached hydrogen (secondary N) is 1. The van der Waals surface area contributed by atoms with Gasteiger partial charge in [0, 0.05) is 35.5 Å². The predicted octanol–water partition coefficient (Wildman–Crippen LogP) is 4.24. The van der Waals surface area contributed by atoms with E-state index in [4.69, 9.17) is 18.9 Å². The zero-order valence-corrected chi connectivity index (χ0v) is 21.8. The van der Waals surface area contributed by atoms with E-state index in [0.29, 0.717) is 30.3 Å². The zero-order valence-electron chi connectivity index (χ0n) is 21.8. The summed E-state index contributed by atoms with van der Waals surface area (Å²) >= 11 is 0. The van der Waals surface area contributed by atoms with Crippen LogP contribution in [0.4, 0.5) is 10.1 Å². The van der Waals surface area contributed by atoms with E-state index in [-0.39, 0.29) is 41.4 Å². The summed E-state index contributed by atoms with van der Waals surface area (Å²) in [5.41, 5.74) is 1.07. The van der Waals surface area contributed by atoms with Crippen LogP contribution in [0.2, 0.25) is 0 Å². The molecule has 1 aliphatic rings. The highest BCUT2D eigenvalue weighted by Gasteiger charge is 2.35.